The summed E-state index contributed by atoms with van der Waals surface area (Å²) in [7, 11) is 1.88. The third-order valence-electron chi connectivity index (χ3n) is 5.73. The van der Waals surface area contributed by atoms with Gasteiger partial charge in [0.2, 0.25) is 0 Å². The van der Waals surface area contributed by atoms with Crippen LogP contribution in [-0.4, -0.2) is 68.5 Å². The number of halogens is 3. The highest BCUT2D eigenvalue weighted by Crippen LogP contribution is 2.20. The second kappa shape index (κ2) is 10.8. The molecule has 12 heteroatoms. The van der Waals surface area contributed by atoms with Crippen molar-refractivity contribution in [2.75, 3.05) is 26.3 Å². The number of carbonyl (C=O) groups excluding carboxylic acids is 1. The predicted octanol–water partition coefficient (Wildman–Crippen LogP) is 2.03. The number of amides is 1. The molecule has 0 bridgehead atoms. The highest BCUT2D eigenvalue weighted by atomic mass is 19.4. The Hall–Kier alpha value is -2.86. The second-order valence-electron chi connectivity index (χ2n) is 8.10. The standard InChI is InChI=1S/C19H27N5O2.C2HF3O2/c1-22-6-2-3-17(22)19(25)21-12-16-11-20-18-14-23(7-8-24(16)18)13-15-4-9-26-10-5-15;3-2(4,5)1(6)7/h2-3,6,11,15H,4-5,7-10,12-14H2,1H3,(H,21,25);(H,6,7). The maximum atomic E-state index is 12.3. The van der Waals surface area contributed by atoms with Crippen LogP contribution < -0.4 is 5.32 Å². The van der Waals surface area contributed by atoms with Gasteiger partial charge in [0.05, 0.1) is 25.0 Å². The summed E-state index contributed by atoms with van der Waals surface area (Å²) in [4.78, 5) is 28.3. The van der Waals surface area contributed by atoms with Crippen LogP contribution in [0.4, 0.5) is 13.2 Å². The van der Waals surface area contributed by atoms with Crippen LogP contribution in [-0.2, 0) is 36.2 Å². The summed E-state index contributed by atoms with van der Waals surface area (Å²) >= 11 is 0. The zero-order valence-electron chi connectivity index (χ0n) is 18.3. The number of nitrogens with zero attached hydrogens (tertiary/aromatic N) is 4. The smallest absolute Gasteiger partial charge is 0.475 e. The van der Waals surface area contributed by atoms with Gasteiger partial charge in [-0.25, -0.2) is 9.78 Å². The van der Waals surface area contributed by atoms with E-state index < -0.39 is 12.1 Å². The van der Waals surface area contributed by atoms with E-state index in [1.165, 1.54) is 12.8 Å². The van der Waals surface area contributed by atoms with E-state index in [2.05, 4.69) is 19.8 Å². The molecule has 0 aliphatic carbocycles. The molecule has 0 saturated carbocycles. The molecule has 182 valence electrons. The Bertz CT molecular complexity index is 950. The number of rotatable bonds is 5. The number of carboxylic acid groups (broad SMARTS) is 1. The van der Waals surface area contributed by atoms with E-state index in [0.29, 0.717) is 12.2 Å². The molecule has 0 unspecified atom stereocenters. The number of carbonyl (C=O) groups is 2. The first-order valence-corrected chi connectivity index (χ1v) is 10.7. The fraction of sp³-hybridized carbons (Fsp3) is 0.571. The lowest BCUT2D eigenvalue weighted by atomic mass is 9.99. The number of ether oxygens (including phenoxy) is 1. The van der Waals surface area contributed by atoms with Crippen LogP contribution in [0.5, 0.6) is 0 Å². The van der Waals surface area contributed by atoms with Crippen molar-refractivity contribution in [1.29, 1.82) is 0 Å². The molecule has 9 nitrogen and oxygen atoms in total. The lowest BCUT2D eigenvalue weighted by Gasteiger charge is -2.33. The molecule has 4 rings (SSSR count). The van der Waals surface area contributed by atoms with Gasteiger partial charge < -0.3 is 24.3 Å². The first kappa shape index (κ1) is 24.8. The van der Waals surface area contributed by atoms with Gasteiger partial charge in [0.1, 0.15) is 11.5 Å². The van der Waals surface area contributed by atoms with Crippen molar-refractivity contribution >= 4 is 11.9 Å². The van der Waals surface area contributed by atoms with Gasteiger partial charge in [-0.1, -0.05) is 0 Å². The second-order valence-corrected chi connectivity index (χ2v) is 8.10. The Morgan fingerprint density at radius 3 is 2.58 bits per heavy atom. The largest absolute Gasteiger partial charge is 0.490 e. The van der Waals surface area contributed by atoms with Crippen LogP contribution in [0, 0.1) is 5.92 Å². The number of imidazole rings is 1. The zero-order chi connectivity index (χ0) is 24.0. The SMILES string of the molecule is Cn1cccc1C(=O)NCc1cnc2n1CCN(CC1CCOCC1)C2.O=C(O)C(F)(F)F. The molecule has 2 aliphatic rings. The number of aliphatic carboxylic acids is 1. The topological polar surface area (TPSA) is 102 Å². The van der Waals surface area contributed by atoms with E-state index >= 15 is 0 Å². The summed E-state index contributed by atoms with van der Waals surface area (Å²) in [5.74, 6) is -0.960. The molecule has 1 fully saturated rings. The van der Waals surface area contributed by atoms with Gasteiger partial charge in [-0.3, -0.25) is 9.69 Å². The number of hydrogen-bond acceptors (Lipinski definition) is 5. The third kappa shape index (κ3) is 6.81. The monoisotopic (exact) mass is 471 g/mol. The number of alkyl halides is 3. The summed E-state index contributed by atoms with van der Waals surface area (Å²) in [6.45, 7) is 6.32. The lowest BCUT2D eigenvalue weighted by Crippen LogP contribution is -2.39. The number of nitrogens with one attached hydrogen (secondary N) is 1. The van der Waals surface area contributed by atoms with Gasteiger partial charge in [-0.05, 0) is 30.9 Å². The Kier molecular flexibility index (Phi) is 8.14. The molecular formula is C21H28F3N5O4. The zero-order valence-corrected chi connectivity index (χ0v) is 18.3. The van der Waals surface area contributed by atoms with Gasteiger partial charge in [-0.2, -0.15) is 13.2 Å². The van der Waals surface area contributed by atoms with Crippen LogP contribution in [0.15, 0.2) is 24.5 Å². The van der Waals surface area contributed by atoms with Gasteiger partial charge in [-0.15, -0.1) is 0 Å². The normalized spacial score (nSPS) is 17.1. The molecular weight excluding hydrogens is 443 g/mol. The summed E-state index contributed by atoms with van der Waals surface area (Å²) in [6, 6.07) is 3.71. The summed E-state index contributed by atoms with van der Waals surface area (Å²) in [6.07, 6.45) is 1.03. The minimum Gasteiger partial charge on any atom is -0.475 e. The lowest BCUT2D eigenvalue weighted by molar-refractivity contribution is -0.192. The fourth-order valence-corrected chi connectivity index (χ4v) is 3.92. The Labute approximate surface area is 189 Å². The van der Waals surface area contributed by atoms with Gasteiger partial charge in [0.15, 0.2) is 0 Å². The highest BCUT2D eigenvalue weighted by Gasteiger charge is 2.38. The van der Waals surface area contributed by atoms with Crippen molar-refractivity contribution in [3.8, 4) is 0 Å². The number of aryl methyl sites for hydroxylation is 1. The van der Waals surface area contributed by atoms with E-state index in [4.69, 9.17) is 14.6 Å². The third-order valence-corrected chi connectivity index (χ3v) is 5.73. The van der Waals surface area contributed by atoms with Crippen molar-refractivity contribution in [1.82, 2.24) is 24.3 Å². The van der Waals surface area contributed by atoms with E-state index in [0.717, 1.165) is 56.8 Å². The maximum Gasteiger partial charge on any atom is 0.490 e. The summed E-state index contributed by atoms with van der Waals surface area (Å²) < 4.78 is 41.3. The van der Waals surface area contributed by atoms with E-state index in [9.17, 15) is 18.0 Å². The van der Waals surface area contributed by atoms with Crippen molar-refractivity contribution in [3.05, 3.63) is 41.7 Å². The van der Waals surface area contributed by atoms with Gasteiger partial charge in [0.25, 0.3) is 5.91 Å². The highest BCUT2D eigenvalue weighted by molar-refractivity contribution is 5.92. The quantitative estimate of drug-likeness (QED) is 0.692. The van der Waals surface area contributed by atoms with Crippen molar-refractivity contribution < 1.29 is 32.6 Å². The molecule has 33 heavy (non-hydrogen) atoms. The molecule has 0 radical (unpaired) electrons. The molecule has 1 saturated heterocycles. The number of aromatic nitrogens is 3. The van der Waals surface area contributed by atoms with Crippen LogP contribution >= 0.6 is 0 Å². The average Bonchev–Trinajstić information content (AvgIpc) is 3.38. The van der Waals surface area contributed by atoms with Crippen LogP contribution in [0.25, 0.3) is 0 Å². The molecule has 0 aromatic carbocycles. The summed E-state index contributed by atoms with van der Waals surface area (Å²) in [5.41, 5.74) is 1.75. The first-order chi connectivity index (χ1) is 15.6. The molecule has 2 N–H and O–H groups in total. The van der Waals surface area contributed by atoms with Gasteiger partial charge >= 0.3 is 12.1 Å². The Morgan fingerprint density at radius 2 is 1.97 bits per heavy atom. The predicted molar refractivity (Wildman–Crippen MR) is 111 cm³/mol. The molecule has 2 aliphatic heterocycles. The minimum absolute atomic E-state index is 0.0509. The van der Waals surface area contributed by atoms with E-state index in [-0.39, 0.29) is 5.91 Å². The average molecular weight is 471 g/mol. The molecule has 0 spiro atoms. The van der Waals surface area contributed by atoms with Crippen LogP contribution in [0.1, 0.15) is 34.8 Å². The van der Waals surface area contributed by atoms with E-state index in [1.54, 1.807) is 0 Å². The molecule has 2 aromatic rings. The van der Waals surface area contributed by atoms with Gasteiger partial charge in [0, 0.05) is 46.1 Å². The van der Waals surface area contributed by atoms with Crippen molar-refractivity contribution in [3.63, 3.8) is 0 Å². The summed E-state index contributed by atoms with van der Waals surface area (Å²) in [5, 5.41) is 10.1. The van der Waals surface area contributed by atoms with Crippen molar-refractivity contribution in [2.24, 2.45) is 13.0 Å². The molecule has 1 amide bonds. The number of fused-ring (bicyclic) bond motifs is 1. The molecule has 0 atom stereocenters. The van der Waals surface area contributed by atoms with E-state index in [1.807, 2.05) is 36.1 Å². The minimum atomic E-state index is -5.08. The van der Waals surface area contributed by atoms with Crippen molar-refractivity contribution in [2.45, 2.75) is 38.7 Å². The van der Waals surface area contributed by atoms with Crippen LogP contribution in [0.2, 0.25) is 0 Å². The number of hydrogen-bond donors (Lipinski definition) is 2. The maximum absolute atomic E-state index is 12.3. The number of carboxylic acids is 1. The fourth-order valence-electron chi connectivity index (χ4n) is 3.92. The molecule has 2 aromatic heterocycles. The Balaban J connectivity index is 0.000000383. The van der Waals surface area contributed by atoms with Crippen LogP contribution in [0.3, 0.4) is 0 Å². The first-order valence-electron chi connectivity index (χ1n) is 10.7. The molecule has 4 heterocycles. The Morgan fingerprint density at radius 1 is 1.27 bits per heavy atom.